The van der Waals surface area contributed by atoms with Crippen LogP contribution in [0, 0.1) is 6.92 Å². The van der Waals surface area contributed by atoms with Crippen LogP contribution in [0.5, 0.6) is 0 Å². The predicted octanol–water partition coefficient (Wildman–Crippen LogP) is 3.24. The van der Waals surface area contributed by atoms with E-state index in [4.69, 9.17) is 10.2 Å². The Labute approximate surface area is 199 Å². The number of thioether (sulfide) groups is 1. The first kappa shape index (κ1) is 25.1. The maximum atomic E-state index is 12.3. The van der Waals surface area contributed by atoms with E-state index in [9.17, 15) is 14.4 Å². The van der Waals surface area contributed by atoms with Gasteiger partial charge in [0, 0.05) is 59.1 Å². The molecule has 1 saturated heterocycles. The second kappa shape index (κ2) is 12.1. The van der Waals surface area contributed by atoms with E-state index in [1.165, 1.54) is 0 Å². The van der Waals surface area contributed by atoms with Crippen molar-refractivity contribution in [1.29, 1.82) is 0 Å². The number of nitrogens with zero attached hydrogens (tertiary/aromatic N) is 1. The maximum absolute atomic E-state index is 12.3. The van der Waals surface area contributed by atoms with Gasteiger partial charge in [-0.05, 0) is 38.7 Å². The first-order chi connectivity index (χ1) is 16.0. The van der Waals surface area contributed by atoms with Crippen LogP contribution in [0.4, 0.5) is 0 Å². The van der Waals surface area contributed by atoms with Crippen molar-refractivity contribution in [3.8, 4) is 0 Å². The van der Waals surface area contributed by atoms with Crippen LogP contribution >= 0.6 is 11.8 Å². The molecule has 0 bridgehead atoms. The molecule has 0 unspecified atom stereocenters. The van der Waals surface area contributed by atoms with Gasteiger partial charge >= 0.3 is 0 Å². The Morgan fingerprint density at radius 1 is 0.939 bits per heavy atom. The third kappa shape index (κ3) is 6.31. The lowest BCUT2D eigenvalue weighted by Crippen LogP contribution is -2.34. The van der Waals surface area contributed by atoms with Gasteiger partial charge in [-0.25, -0.2) is 0 Å². The average molecular weight is 470 g/mol. The molecular formula is C26H31NO5S. The predicted molar refractivity (Wildman–Crippen MR) is 130 cm³/mol. The smallest absolute Gasteiger partial charge is 0.209 e. The van der Waals surface area contributed by atoms with Crippen molar-refractivity contribution in [2.75, 3.05) is 26.3 Å². The van der Waals surface area contributed by atoms with Gasteiger partial charge in [0.15, 0.2) is 11.6 Å². The second-order valence-corrected chi connectivity index (χ2v) is 9.98. The van der Waals surface area contributed by atoms with Gasteiger partial charge in [-0.1, -0.05) is 42.0 Å². The highest BCUT2D eigenvalue weighted by atomic mass is 32.2. The summed E-state index contributed by atoms with van der Waals surface area (Å²) in [4.78, 5) is 36.8. The summed E-state index contributed by atoms with van der Waals surface area (Å²) in [5.41, 5.74) is 3.04. The molecule has 1 fully saturated rings. The first-order valence-electron chi connectivity index (χ1n) is 11.3. The third-order valence-corrected chi connectivity index (χ3v) is 7.71. The van der Waals surface area contributed by atoms with Gasteiger partial charge in [-0.3, -0.25) is 14.4 Å². The molecule has 1 heterocycles. The van der Waals surface area contributed by atoms with Gasteiger partial charge < -0.3 is 15.1 Å². The number of hydrogen-bond donors (Lipinski definition) is 2. The van der Waals surface area contributed by atoms with Crippen molar-refractivity contribution in [2.45, 2.75) is 43.1 Å². The molecule has 0 saturated carbocycles. The zero-order valence-corrected chi connectivity index (χ0v) is 19.7. The Balaban J connectivity index is 0.000000186. The number of hydrogen-bond acceptors (Lipinski definition) is 6. The molecule has 176 valence electrons. The Hall–Kier alpha value is -2.48. The number of piperidine rings is 1. The first-order valence-corrected chi connectivity index (χ1v) is 12.3. The minimum Gasteiger partial charge on any atom is -0.396 e. The normalized spacial score (nSPS) is 15.6. The van der Waals surface area contributed by atoms with Crippen molar-refractivity contribution < 1.29 is 24.6 Å². The van der Waals surface area contributed by atoms with Crippen LogP contribution in [-0.2, 0) is 4.79 Å². The van der Waals surface area contributed by atoms with Gasteiger partial charge in [0.1, 0.15) is 0 Å². The summed E-state index contributed by atoms with van der Waals surface area (Å²) in [5, 5.41) is 18.8. The Morgan fingerprint density at radius 3 is 2.03 bits per heavy atom. The highest BCUT2D eigenvalue weighted by Gasteiger charge is 2.28. The summed E-state index contributed by atoms with van der Waals surface area (Å²) >= 11 is 1.86. The minimum atomic E-state index is -0.0600. The van der Waals surface area contributed by atoms with Crippen LogP contribution < -0.4 is 0 Å². The molecule has 6 nitrogen and oxygen atoms in total. The molecule has 0 spiro atoms. The molecule has 1 aliphatic carbocycles. The maximum Gasteiger partial charge on any atom is 0.209 e. The van der Waals surface area contributed by atoms with Crippen LogP contribution in [-0.4, -0.2) is 69.9 Å². The lowest BCUT2D eigenvalue weighted by molar-refractivity contribution is -0.118. The number of carbonyl (C=O) groups excluding carboxylic acids is 3. The molecule has 0 radical (unpaired) electrons. The van der Waals surface area contributed by atoms with E-state index in [0.717, 1.165) is 50.7 Å². The van der Waals surface area contributed by atoms with Crippen molar-refractivity contribution in [2.24, 2.45) is 0 Å². The number of amides is 1. The molecule has 2 aromatic carbocycles. The largest absolute Gasteiger partial charge is 0.396 e. The van der Waals surface area contributed by atoms with Gasteiger partial charge in [-0.2, -0.15) is 11.8 Å². The molecule has 7 heteroatoms. The third-order valence-electron chi connectivity index (χ3n) is 5.99. The van der Waals surface area contributed by atoms with Crippen LogP contribution in [0.25, 0.3) is 0 Å². The van der Waals surface area contributed by atoms with E-state index in [-0.39, 0.29) is 24.8 Å². The van der Waals surface area contributed by atoms with Crippen molar-refractivity contribution >= 4 is 29.7 Å². The molecule has 2 aliphatic rings. The number of benzene rings is 2. The number of likely N-dealkylation sites (tertiary alicyclic amines) is 1. The van der Waals surface area contributed by atoms with E-state index in [1.54, 1.807) is 36.4 Å². The monoisotopic (exact) mass is 469 g/mol. The topological polar surface area (TPSA) is 94.9 Å². The SMILES string of the molecule is Cc1ccc2c(c1)C(=O)c1ccccc1C2=O.O=CN1CCC(SC(CCO)CCO)CC1. The molecule has 0 aromatic heterocycles. The number of rotatable bonds is 7. The van der Waals surface area contributed by atoms with E-state index in [1.807, 2.05) is 29.7 Å². The Bertz CT molecular complexity index is 978. The molecule has 0 atom stereocenters. The molecule has 4 rings (SSSR count). The summed E-state index contributed by atoms with van der Waals surface area (Å²) in [6.07, 6.45) is 4.46. The number of aryl methyl sites for hydroxylation is 1. The number of aliphatic hydroxyl groups excluding tert-OH is 2. The highest BCUT2D eigenvalue weighted by Crippen LogP contribution is 2.30. The molecular weight excluding hydrogens is 438 g/mol. The van der Waals surface area contributed by atoms with E-state index < -0.39 is 0 Å². The molecule has 1 aliphatic heterocycles. The van der Waals surface area contributed by atoms with E-state index >= 15 is 0 Å². The summed E-state index contributed by atoms with van der Waals surface area (Å²) in [5.74, 6) is -0.117. The number of ketones is 2. The highest BCUT2D eigenvalue weighted by molar-refractivity contribution is 8.00. The van der Waals surface area contributed by atoms with Gasteiger partial charge in [0.25, 0.3) is 0 Å². The van der Waals surface area contributed by atoms with Crippen molar-refractivity contribution in [3.63, 3.8) is 0 Å². The quantitative estimate of drug-likeness (QED) is 0.516. The van der Waals surface area contributed by atoms with Crippen LogP contribution in [0.15, 0.2) is 42.5 Å². The van der Waals surface area contributed by atoms with Gasteiger partial charge in [0.05, 0.1) is 0 Å². The van der Waals surface area contributed by atoms with Crippen LogP contribution in [0.2, 0.25) is 0 Å². The average Bonchev–Trinajstić information content (AvgIpc) is 2.84. The summed E-state index contributed by atoms with van der Waals surface area (Å²) in [6.45, 7) is 3.96. The summed E-state index contributed by atoms with van der Waals surface area (Å²) in [7, 11) is 0. The zero-order chi connectivity index (χ0) is 23.8. The summed E-state index contributed by atoms with van der Waals surface area (Å²) < 4.78 is 0. The zero-order valence-electron chi connectivity index (χ0n) is 18.9. The summed E-state index contributed by atoms with van der Waals surface area (Å²) in [6, 6.07) is 12.4. The molecule has 1 amide bonds. The van der Waals surface area contributed by atoms with Crippen molar-refractivity contribution in [3.05, 3.63) is 70.3 Å². The number of fused-ring (bicyclic) bond motifs is 2. The fourth-order valence-corrected chi connectivity index (χ4v) is 5.68. The van der Waals surface area contributed by atoms with Gasteiger partial charge in [-0.15, -0.1) is 0 Å². The van der Waals surface area contributed by atoms with Crippen molar-refractivity contribution in [1.82, 2.24) is 4.90 Å². The number of carbonyl (C=O) groups is 3. The molecule has 2 N–H and O–H groups in total. The Morgan fingerprint density at radius 2 is 1.48 bits per heavy atom. The van der Waals surface area contributed by atoms with Gasteiger partial charge in [0.2, 0.25) is 6.41 Å². The van der Waals surface area contributed by atoms with E-state index in [0.29, 0.717) is 32.8 Å². The molecule has 33 heavy (non-hydrogen) atoms. The second-order valence-electron chi connectivity index (χ2n) is 8.38. The minimum absolute atomic E-state index is 0.0566. The van der Waals surface area contributed by atoms with Crippen LogP contribution in [0.3, 0.4) is 0 Å². The Kier molecular flexibility index (Phi) is 9.23. The number of aliphatic hydroxyl groups is 2. The van der Waals surface area contributed by atoms with Crippen LogP contribution in [0.1, 0.15) is 63.1 Å². The molecule has 2 aromatic rings. The lowest BCUT2D eigenvalue weighted by atomic mass is 9.83. The standard InChI is InChI=1S/C15H10O2.C11H21NO3S/c1-9-6-7-12-13(8-9)15(17)11-5-3-2-4-10(11)14(12)16;13-7-3-11(4-8-14)16-10-1-5-12(9-15)6-2-10/h2-8H,1H3;9-11,13-14H,1-8H2. The van der Waals surface area contributed by atoms with E-state index in [2.05, 4.69) is 0 Å². The fourth-order valence-electron chi connectivity index (χ4n) is 4.17. The lowest BCUT2D eigenvalue weighted by Gasteiger charge is -2.31. The fraction of sp³-hybridized carbons (Fsp3) is 0.423.